The molecule has 0 aromatic rings. The predicted molar refractivity (Wildman–Crippen MR) is 62.3 cm³/mol. The number of carboxylic acid groups (broad SMARTS) is 1. The highest BCUT2D eigenvalue weighted by atomic mass is 16.4. The molecule has 2 amide bonds. The SMILES string of the molecule is CCC(C)C(C)NC(=O)N[C@@H](CC)C(=O)O. The second-order valence-corrected chi connectivity index (χ2v) is 4.09. The molecule has 3 atom stereocenters. The Balaban J connectivity index is 4.12. The van der Waals surface area contributed by atoms with Crippen LogP contribution in [0.1, 0.15) is 40.5 Å². The summed E-state index contributed by atoms with van der Waals surface area (Å²) in [6.07, 6.45) is 1.35. The van der Waals surface area contributed by atoms with Gasteiger partial charge in [0.2, 0.25) is 0 Å². The Morgan fingerprint density at radius 1 is 1.12 bits per heavy atom. The van der Waals surface area contributed by atoms with Crippen LogP contribution in [0.5, 0.6) is 0 Å². The fraction of sp³-hybridized carbons (Fsp3) is 0.818. The van der Waals surface area contributed by atoms with Crippen LogP contribution < -0.4 is 10.6 Å². The number of nitrogens with one attached hydrogen (secondary N) is 2. The number of rotatable bonds is 6. The van der Waals surface area contributed by atoms with Gasteiger partial charge in [0.05, 0.1) is 0 Å². The van der Waals surface area contributed by atoms with Crippen molar-refractivity contribution in [3.05, 3.63) is 0 Å². The first kappa shape index (κ1) is 14.7. The number of hydrogen-bond acceptors (Lipinski definition) is 2. The van der Waals surface area contributed by atoms with Crippen molar-refractivity contribution in [3.8, 4) is 0 Å². The van der Waals surface area contributed by atoms with Crippen LogP contribution >= 0.6 is 0 Å². The average molecular weight is 230 g/mol. The van der Waals surface area contributed by atoms with E-state index in [0.29, 0.717) is 12.3 Å². The van der Waals surface area contributed by atoms with E-state index >= 15 is 0 Å². The van der Waals surface area contributed by atoms with E-state index in [1.165, 1.54) is 0 Å². The van der Waals surface area contributed by atoms with Crippen LogP contribution in [0.2, 0.25) is 0 Å². The number of urea groups is 1. The number of carbonyl (C=O) groups excluding carboxylic acids is 1. The van der Waals surface area contributed by atoms with Gasteiger partial charge in [0.15, 0.2) is 0 Å². The molecule has 0 spiro atoms. The maximum absolute atomic E-state index is 11.5. The largest absolute Gasteiger partial charge is 0.480 e. The van der Waals surface area contributed by atoms with Crippen molar-refractivity contribution in [1.29, 1.82) is 0 Å². The van der Waals surface area contributed by atoms with Gasteiger partial charge < -0.3 is 15.7 Å². The summed E-state index contributed by atoms with van der Waals surface area (Å²) < 4.78 is 0. The van der Waals surface area contributed by atoms with Gasteiger partial charge >= 0.3 is 12.0 Å². The lowest BCUT2D eigenvalue weighted by atomic mass is 10.0. The molecular formula is C11H22N2O3. The Bertz CT molecular complexity index is 243. The van der Waals surface area contributed by atoms with Gasteiger partial charge in [-0.15, -0.1) is 0 Å². The third-order valence-electron chi connectivity index (χ3n) is 2.87. The van der Waals surface area contributed by atoms with Gasteiger partial charge in [0, 0.05) is 6.04 Å². The third kappa shape index (κ3) is 5.00. The highest BCUT2D eigenvalue weighted by Crippen LogP contribution is 2.06. The number of aliphatic carboxylic acids is 1. The van der Waals surface area contributed by atoms with E-state index < -0.39 is 18.0 Å². The Hall–Kier alpha value is -1.26. The van der Waals surface area contributed by atoms with Crippen molar-refractivity contribution < 1.29 is 14.7 Å². The van der Waals surface area contributed by atoms with Crippen LogP contribution in [0.25, 0.3) is 0 Å². The topological polar surface area (TPSA) is 78.4 Å². The van der Waals surface area contributed by atoms with Crippen LogP contribution in [0, 0.1) is 5.92 Å². The lowest BCUT2D eigenvalue weighted by Gasteiger charge is -2.21. The second kappa shape index (κ2) is 7.09. The van der Waals surface area contributed by atoms with E-state index in [0.717, 1.165) is 6.42 Å². The summed E-state index contributed by atoms with van der Waals surface area (Å²) >= 11 is 0. The van der Waals surface area contributed by atoms with Crippen LogP contribution in [-0.4, -0.2) is 29.2 Å². The second-order valence-electron chi connectivity index (χ2n) is 4.09. The molecule has 3 N–H and O–H groups in total. The van der Waals surface area contributed by atoms with Gasteiger partial charge in [-0.2, -0.15) is 0 Å². The molecule has 2 unspecified atom stereocenters. The van der Waals surface area contributed by atoms with Crippen LogP contribution in [0.15, 0.2) is 0 Å². The predicted octanol–water partition coefficient (Wildman–Crippen LogP) is 1.58. The number of carboxylic acids is 1. The fourth-order valence-corrected chi connectivity index (χ4v) is 1.24. The summed E-state index contributed by atoms with van der Waals surface area (Å²) in [5.41, 5.74) is 0. The van der Waals surface area contributed by atoms with Gasteiger partial charge in [-0.25, -0.2) is 9.59 Å². The van der Waals surface area contributed by atoms with Gasteiger partial charge in [-0.1, -0.05) is 27.2 Å². The maximum atomic E-state index is 11.5. The lowest BCUT2D eigenvalue weighted by molar-refractivity contribution is -0.139. The van der Waals surface area contributed by atoms with Crippen molar-refractivity contribution in [3.63, 3.8) is 0 Å². The zero-order chi connectivity index (χ0) is 12.7. The van der Waals surface area contributed by atoms with E-state index in [4.69, 9.17) is 5.11 Å². The monoisotopic (exact) mass is 230 g/mol. The van der Waals surface area contributed by atoms with Crippen molar-refractivity contribution in [1.82, 2.24) is 10.6 Å². The smallest absolute Gasteiger partial charge is 0.326 e. The first-order chi connectivity index (χ1) is 7.42. The van der Waals surface area contributed by atoms with E-state index in [2.05, 4.69) is 10.6 Å². The first-order valence-electron chi connectivity index (χ1n) is 5.72. The molecule has 0 heterocycles. The van der Waals surface area contributed by atoms with E-state index in [1.807, 2.05) is 20.8 Å². The van der Waals surface area contributed by atoms with Crippen molar-refractivity contribution in [2.45, 2.75) is 52.6 Å². The molecule has 0 aromatic heterocycles. The summed E-state index contributed by atoms with van der Waals surface area (Å²) in [5, 5.41) is 13.9. The Morgan fingerprint density at radius 3 is 2.06 bits per heavy atom. The van der Waals surface area contributed by atoms with Crippen LogP contribution in [-0.2, 0) is 4.79 Å². The summed E-state index contributed by atoms with van der Waals surface area (Å²) in [6, 6.07) is -1.19. The Kier molecular flexibility index (Phi) is 6.53. The molecule has 0 aliphatic carbocycles. The van der Waals surface area contributed by atoms with Crippen LogP contribution in [0.3, 0.4) is 0 Å². The van der Waals surface area contributed by atoms with E-state index in [9.17, 15) is 9.59 Å². The molecule has 16 heavy (non-hydrogen) atoms. The highest BCUT2D eigenvalue weighted by molar-refractivity contribution is 5.82. The van der Waals surface area contributed by atoms with Crippen LogP contribution in [0.4, 0.5) is 4.79 Å². The highest BCUT2D eigenvalue weighted by Gasteiger charge is 2.19. The molecule has 0 fully saturated rings. The Labute approximate surface area is 96.6 Å². The summed E-state index contributed by atoms with van der Waals surface area (Å²) in [4.78, 5) is 22.2. The third-order valence-corrected chi connectivity index (χ3v) is 2.87. The number of amides is 2. The molecule has 0 aromatic carbocycles. The standard InChI is InChI=1S/C11H22N2O3/c1-5-7(3)8(4)12-11(16)13-9(6-2)10(14)15/h7-9H,5-6H2,1-4H3,(H,14,15)(H2,12,13,16)/t7?,8?,9-/m0/s1. The Morgan fingerprint density at radius 2 is 1.69 bits per heavy atom. The van der Waals surface area contributed by atoms with Crippen molar-refractivity contribution in [2.75, 3.05) is 0 Å². The molecule has 5 nitrogen and oxygen atoms in total. The van der Waals surface area contributed by atoms with E-state index in [-0.39, 0.29) is 6.04 Å². The summed E-state index contributed by atoms with van der Waals surface area (Å²) in [5.74, 6) is -0.635. The molecule has 0 saturated carbocycles. The lowest BCUT2D eigenvalue weighted by Crippen LogP contribution is -2.49. The summed E-state index contributed by atoms with van der Waals surface area (Å²) in [6.45, 7) is 7.72. The molecule has 0 saturated heterocycles. The molecule has 0 aliphatic rings. The maximum Gasteiger partial charge on any atom is 0.326 e. The van der Waals surface area contributed by atoms with Crippen molar-refractivity contribution in [2.24, 2.45) is 5.92 Å². The molecular weight excluding hydrogens is 208 g/mol. The number of carbonyl (C=O) groups is 2. The molecule has 5 heteroatoms. The minimum Gasteiger partial charge on any atom is -0.480 e. The van der Waals surface area contributed by atoms with Gasteiger partial charge in [-0.3, -0.25) is 0 Å². The zero-order valence-electron chi connectivity index (χ0n) is 10.4. The van der Waals surface area contributed by atoms with Gasteiger partial charge in [0.25, 0.3) is 0 Å². The molecule has 0 radical (unpaired) electrons. The quantitative estimate of drug-likeness (QED) is 0.648. The fourth-order valence-electron chi connectivity index (χ4n) is 1.24. The van der Waals surface area contributed by atoms with Gasteiger partial charge in [0.1, 0.15) is 6.04 Å². The van der Waals surface area contributed by atoms with Crippen molar-refractivity contribution >= 4 is 12.0 Å². The minimum absolute atomic E-state index is 0.0382. The minimum atomic E-state index is -1.01. The van der Waals surface area contributed by atoms with Gasteiger partial charge in [-0.05, 0) is 19.3 Å². The zero-order valence-corrected chi connectivity index (χ0v) is 10.4. The average Bonchev–Trinajstić information content (AvgIpc) is 2.23. The molecule has 0 aliphatic heterocycles. The normalized spacial score (nSPS) is 16.0. The molecule has 0 rings (SSSR count). The molecule has 0 bridgehead atoms. The molecule has 94 valence electrons. The first-order valence-corrected chi connectivity index (χ1v) is 5.72. The number of hydrogen-bond donors (Lipinski definition) is 3. The van der Waals surface area contributed by atoms with E-state index in [1.54, 1.807) is 6.92 Å². The summed E-state index contributed by atoms with van der Waals surface area (Å²) in [7, 11) is 0.